The number of carbonyl (C=O) groups is 2. The molecule has 1 unspecified atom stereocenters. The molecule has 4 heterocycles. The molecule has 1 aromatic carbocycles. The first-order valence-corrected chi connectivity index (χ1v) is 9.67. The summed E-state index contributed by atoms with van der Waals surface area (Å²) < 4.78 is 36.4. The molecule has 0 spiro atoms. The SMILES string of the molecule is Cc1nocc1C(=O)N1CCN2C(=O)c3cccn3CC12c1ccc(OC(F)F)cc1. The zero-order valence-corrected chi connectivity index (χ0v) is 16.5. The molecule has 3 aromatic rings. The highest BCUT2D eigenvalue weighted by Gasteiger charge is 2.56. The molecule has 0 radical (unpaired) electrons. The van der Waals surface area contributed by atoms with Gasteiger partial charge in [0.15, 0.2) is 5.66 Å². The summed E-state index contributed by atoms with van der Waals surface area (Å²) in [5, 5.41) is 3.79. The lowest BCUT2D eigenvalue weighted by molar-refractivity contribution is -0.0499. The highest BCUT2D eigenvalue weighted by Crippen LogP contribution is 2.44. The maximum Gasteiger partial charge on any atom is 0.387 e. The average molecular weight is 428 g/mol. The van der Waals surface area contributed by atoms with Gasteiger partial charge in [-0.25, -0.2) is 0 Å². The lowest BCUT2D eigenvalue weighted by Gasteiger charge is -2.47. The Bertz CT molecular complexity index is 1160. The summed E-state index contributed by atoms with van der Waals surface area (Å²) in [6, 6.07) is 9.56. The molecular weight excluding hydrogens is 410 g/mol. The standard InChI is InChI=1S/C21H18F2N4O4/c1-13-16(11-30-24-13)18(28)26-9-10-27-19(29)17-3-2-8-25(17)12-21(26,27)14-4-6-15(7-5-14)31-20(22)23/h2-8,11,20H,9-10,12H2,1H3. The molecule has 1 atom stereocenters. The van der Waals surface area contributed by atoms with Crippen LogP contribution in [0, 0.1) is 6.92 Å². The number of alkyl halides is 2. The Morgan fingerprint density at radius 3 is 2.68 bits per heavy atom. The van der Waals surface area contributed by atoms with Crippen LogP contribution in [-0.4, -0.2) is 51.0 Å². The van der Waals surface area contributed by atoms with Gasteiger partial charge in [0.1, 0.15) is 23.3 Å². The number of halogens is 2. The quantitative estimate of drug-likeness (QED) is 0.639. The van der Waals surface area contributed by atoms with Crippen molar-refractivity contribution in [2.24, 2.45) is 0 Å². The average Bonchev–Trinajstić information content (AvgIpc) is 3.46. The van der Waals surface area contributed by atoms with Gasteiger partial charge in [0.2, 0.25) is 0 Å². The third kappa shape index (κ3) is 2.82. The number of amides is 2. The summed E-state index contributed by atoms with van der Waals surface area (Å²) >= 11 is 0. The number of carbonyl (C=O) groups excluding carboxylic acids is 2. The van der Waals surface area contributed by atoms with Crippen LogP contribution in [0.25, 0.3) is 0 Å². The number of nitrogens with zero attached hydrogens (tertiary/aromatic N) is 4. The molecule has 1 saturated heterocycles. The first kappa shape index (κ1) is 19.3. The largest absolute Gasteiger partial charge is 0.435 e. The van der Waals surface area contributed by atoms with E-state index in [1.54, 1.807) is 51.8 Å². The first-order chi connectivity index (χ1) is 14.9. The van der Waals surface area contributed by atoms with Crippen LogP contribution in [0.3, 0.4) is 0 Å². The van der Waals surface area contributed by atoms with Crippen LogP contribution >= 0.6 is 0 Å². The second-order valence-corrected chi connectivity index (χ2v) is 7.47. The van der Waals surface area contributed by atoms with Crippen molar-refractivity contribution >= 4 is 11.8 Å². The van der Waals surface area contributed by atoms with Crippen molar-refractivity contribution in [2.75, 3.05) is 13.1 Å². The van der Waals surface area contributed by atoms with E-state index in [0.29, 0.717) is 42.1 Å². The fraction of sp³-hybridized carbons (Fsp3) is 0.286. The van der Waals surface area contributed by atoms with E-state index in [1.807, 2.05) is 0 Å². The lowest BCUT2D eigenvalue weighted by Crippen LogP contribution is -2.60. The topological polar surface area (TPSA) is 80.8 Å². The highest BCUT2D eigenvalue weighted by molar-refractivity contribution is 5.98. The molecule has 0 saturated carbocycles. The molecule has 10 heteroatoms. The minimum atomic E-state index is -2.94. The van der Waals surface area contributed by atoms with Crippen LogP contribution in [0.1, 0.15) is 32.1 Å². The Labute approximate surface area is 175 Å². The molecule has 0 aliphatic carbocycles. The molecular formula is C21H18F2N4O4. The summed E-state index contributed by atoms with van der Waals surface area (Å²) in [4.78, 5) is 30.1. The highest BCUT2D eigenvalue weighted by atomic mass is 19.3. The number of rotatable bonds is 4. The smallest absolute Gasteiger partial charge is 0.387 e. The van der Waals surface area contributed by atoms with Crippen molar-refractivity contribution in [2.45, 2.75) is 25.7 Å². The molecule has 2 amide bonds. The molecule has 1 fully saturated rings. The number of hydrogen-bond donors (Lipinski definition) is 0. The summed E-state index contributed by atoms with van der Waals surface area (Å²) in [5.74, 6) is -0.532. The Hall–Kier alpha value is -3.69. The molecule has 2 aliphatic heterocycles. The summed E-state index contributed by atoms with van der Waals surface area (Å²) in [7, 11) is 0. The van der Waals surface area contributed by atoms with Gasteiger partial charge in [-0.15, -0.1) is 0 Å². The van der Waals surface area contributed by atoms with Gasteiger partial charge in [-0.3, -0.25) is 9.59 Å². The predicted molar refractivity (Wildman–Crippen MR) is 102 cm³/mol. The molecule has 0 N–H and O–H groups in total. The van der Waals surface area contributed by atoms with Crippen molar-refractivity contribution < 1.29 is 27.6 Å². The summed E-state index contributed by atoms with van der Waals surface area (Å²) in [6.45, 7) is -0.346. The fourth-order valence-corrected chi connectivity index (χ4v) is 4.50. The lowest BCUT2D eigenvalue weighted by atomic mass is 9.93. The van der Waals surface area contributed by atoms with Crippen molar-refractivity contribution in [3.63, 3.8) is 0 Å². The van der Waals surface area contributed by atoms with Crippen LogP contribution in [0.2, 0.25) is 0 Å². The zero-order chi connectivity index (χ0) is 21.8. The fourth-order valence-electron chi connectivity index (χ4n) is 4.50. The maximum absolute atomic E-state index is 13.5. The van der Waals surface area contributed by atoms with Crippen LogP contribution in [-0.2, 0) is 12.2 Å². The van der Waals surface area contributed by atoms with E-state index in [0.717, 1.165) is 0 Å². The van der Waals surface area contributed by atoms with Gasteiger partial charge in [-0.2, -0.15) is 8.78 Å². The van der Waals surface area contributed by atoms with Gasteiger partial charge in [0.05, 0.1) is 12.2 Å². The number of hydrogen-bond acceptors (Lipinski definition) is 5. The van der Waals surface area contributed by atoms with Crippen LogP contribution in [0.15, 0.2) is 53.4 Å². The minimum Gasteiger partial charge on any atom is -0.435 e. The van der Waals surface area contributed by atoms with E-state index in [2.05, 4.69) is 9.89 Å². The Morgan fingerprint density at radius 2 is 2.00 bits per heavy atom. The second kappa shape index (κ2) is 6.93. The monoisotopic (exact) mass is 428 g/mol. The van der Waals surface area contributed by atoms with Gasteiger partial charge in [0, 0.05) is 24.8 Å². The Kier molecular flexibility index (Phi) is 4.31. The maximum atomic E-state index is 13.5. The normalized spacial score (nSPS) is 20.2. The van der Waals surface area contributed by atoms with E-state index in [9.17, 15) is 18.4 Å². The molecule has 5 rings (SSSR count). The zero-order valence-electron chi connectivity index (χ0n) is 16.5. The van der Waals surface area contributed by atoms with Gasteiger partial charge in [-0.05, 0) is 31.2 Å². The minimum absolute atomic E-state index is 0.00348. The summed E-state index contributed by atoms with van der Waals surface area (Å²) in [5.41, 5.74) is 0.769. The molecule has 2 aromatic heterocycles. The third-order valence-corrected chi connectivity index (χ3v) is 5.89. The van der Waals surface area contributed by atoms with E-state index in [4.69, 9.17) is 4.52 Å². The second-order valence-electron chi connectivity index (χ2n) is 7.47. The van der Waals surface area contributed by atoms with E-state index < -0.39 is 12.3 Å². The molecule has 160 valence electrons. The first-order valence-electron chi connectivity index (χ1n) is 9.67. The van der Waals surface area contributed by atoms with Gasteiger partial charge >= 0.3 is 6.61 Å². The Balaban J connectivity index is 1.64. The Morgan fingerprint density at radius 1 is 1.23 bits per heavy atom. The molecule has 2 aliphatic rings. The number of ether oxygens (including phenoxy) is 1. The van der Waals surface area contributed by atoms with Crippen molar-refractivity contribution in [3.8, 4) is 5.75 Å². The van der Waals surface area contributed by atoms with Gasteiger partial charge in [-0.1, -0.05) is 17.3 Å². The van der Waals surface area contributed by atoms with Crippen molar-refractivity contribution in [3.05, 3.63) is 71.4 Å². The number of aryl methyl sites for hydroxylation is 1. The predicted octanol–water partition coefficient (Wildman–Crippen LogP) is 2.85. The number of benzene rings is 1. The van der Waals surface area contributed by atoms with Crippen molar-refractivity contribution in [1.29, 1.82) is 0 Å². The molecule has 0 bridgehead atoms. The van der Waals surface area contributed by atoms with Gasteiger partial charge in [0.25, 0.3) is 11.8 Å². The summed E-state index contributed by atoms with van der Waals surface area (Å²) in [6.07, 6.45) is 3.07. The molecule has 31 heavy (non-hydrogen) atoms. The number of fused-ring (bicyclic) bond motifs is 2. The van der Waals surface area contributed by atoms with E-state index in [1.165, 1.54) is 18.4 Å². The van der Waals surface area contributed by atoms with Gasteiger partial charge < -0.3 is 23.6 Å². The third-order valence-electron chi connectivity index (χ3n) is 5.89. The van der Waals surface area contributed by atoms with Crippen LogP contribution in [0.5, 0.6) is 5.75 Å². The van der Waals surface area contributed by atoms with E-state index >= 15 is 0 Å². The van der Waals surface area contributed by atoms with Crippen molar-refractivity contribution in [1.82, 2.24) is 19.5 Å². The van der Waals surface area contributed by atoms with Crippen LogP contribution < -0.4 is 4.74 Å². The van der Waals surface area contributed by atoms with E-state index in [-0.39, 0.29) is 17.6 Å². The van der Waals surface area contributed by atoms with Crippen LogP contribution in [0.4, 0.5) is 8.78 Å². The number of aromatic nitrogens is 2. The molecule has 8 nitrogen and oxygen atoms in total.